The van der Waals surface area contributed by atoms with E-state index in [0.717, 1.165) is 47.7 Å². The lowest BCUT2D eigenvalue weighted by Gasteiger charge is -2.45. The molecular formula is C25H29F3N6O. The Balaban J connectivity index is 1.53. The van der Waals surface area contributed by atoms with Crippen LogP contribution in [0.25, 0.3) is 10.8 Å². The molecule has 3 aliphatic rings. The molecule has 0 aliphatic carbocycles. The minimum absolute atomic E-state index is 0.204. The summed E-state index contributed by atoms with van der Waals surface area (Å²) in [7, 11) is 1.84. The van der Waals surface area contributed by atoms with Crippen molar-refractivity contribution >= 4 is 22.4 Å². The molecule has 0 radical (unpaired) electrons. The van der Waals surface area contributed by atoms with Gasteiger partial charge in [-0.2, -0.15) is 18.3 Å². The van der Waals surface area contributed by atoms with Crippen molar-refractivity contribution < 1.29 is 17.9 Å². The number of rotatable bonds is 6. The summed E-state index contributed by atoms with van der Waals surface area (Å²) >= 11 is 0. The predicted octanol–water partition coefficient (Wildman–Crippen LogP) is 4.61. The Hall–Kier alpha value is -2.98. The zero-order chi connectivity index (χ0) is 24.7. The lowest BCUT2D eigenvalue weighted by Crippen LogP contribution is -2.54. The zero-order valence-electron chi connectivity index (χ0n) is 20.0. The van der Waals surface area contributed by atoms with Gasteiger partial charge in [0.05, 0.1) is 36.1 Å². The molecule has 10 heteroatoms. The highest BCUT2D eigenvalue weighted by Gasteiger charge is 2.36. The highest BCUT2D eigenvalue weighted by Crippen LogP contribution is 2.37. The van der Waals surface area contributed by atoms with Crippen molar-refractivity contribution in [3.05, 3.63) is 52.8 Å². The molecule has 2 N–H and O–H groups in total. The largest absolute Gasteiger partial charge is 0.416 e. The number of alkyl halides is 3. The van der Waals surface area contributed by atoms with Gasteiger partial charge in [0, 0.05) is 30.1 Å². The molecule has 3 saturated heterocycles. The Morgan fingerprint density at radius 2 is 2.03 bits per heavy atom. The number of halogens is 3. The summed E-state index contributed by atoms with van der Waals surface area (Å²) in [5, 5.41) is 16.9. The smallest absolute Gasteiger partial charge is 0.374 e. The van der Waals surface area contributed by atoms with Crippen LogP contribution < -0.4 is 15.5 Å². The van der Waals surface area contributed by atoms with Gasteiger partial charge in [0.25, 0.3) is 0 Å². The SMILES string of the molecule is CNCc1nnc(N[C@H](C)c2cccc(C(F)(F)F)c2C)c2cc(N3C[C@H]4CC[C@@H]3CO4)ncc12. The lowest BCUT2D eigenvalue weighted by atomic mass is 9.96. The molecule has 2 bridgehead atoms. The third kappa shape index (κ3) is 4.52. The van der Waals surface area contributed by atoms with Crippen molar-refractivity contribution in [3.63, 3.8) is 0 Å². The average Bonchev–Trinajstić information content (AvgIpc) is 2.85. The van der Waals surface area contributed by atoms with Crippen molar-refractivity contribution in [3.8, 4) is 0 Å². The Kier molecular flexibility index (Phi) is 6.27. The number of ether oxygens (including phenoxy) is 1. The van der Waals surface area contributed by atoms with E-state index in [9.17, 15) is 13.2 Å². The Bertz CT molecular complexity index is 1230. The number of fused-ring (bicyclic) bond motifs is 4. The third-order valence-corrected chi connectivity index (χ3v) is 7.05. The van der Waals surface area contributed by atoms with Gasteiger partial charge in [0.2, 0.25) is 0 Å². The molecule has 0 spiro atoms. The molecule has 6 rings (SSSR count). The monoisotopic (exact) mass is 486 g/mol. The van der Waals surface area contributed by atoms with Gasteiger partial charge >= 0.3 is 6.18 Å². The second-order valence-electron chi connectivity index (χ2n) is 9.34. The van der Waals surface area contributed by atoms with Gasteiger partial charge in [-0.25, -0.2) is 4.98 Å². The van der Waals surface area contributed by atoms with E-state index in [1.807, 2.05) is 26.2 Å². The molecule has 35 heavy (non-hydrogen) atoms. The Morgan fingerprint density at radius 3 is 2.69 bits per heavy atom. The first-order valence-corrected chi connectivity index (χ1v) is 11.9. The maximum Gasteiger partial charge on any atom is 0.416 e. The molecule has 1 aromatic carbocycles. The number of aromatic nitrogens is 3. The second-order valence-corrected chi connectivity index (χ2v) is 9.34. The first kappa shape index (κ1) is 23.7. The van der Waals surface area contributed by atoms with Gasteiger partial charge in [-0.1, -0.05) is 12.1 Å². The van der Waals surface area contributed by atoms with Crippen LogP contribution in [-0.2, 0) is 17.5 Å². The number of benzene rings is 1. The molecule has 7 nitrogen and oxygen atoms in total. The number of morpholine rings is 1. The van der Waals surface area contributed by atoms with Crippen LogP contribution in [0.1, 0.15) is 48.2 Å². The Labute approximate surface area is 202 Å². The average molecular weight is 487 g/mol. The van der Waals surface area contributed by atoms with Crippen LogP contribution in [0.3, 0.4) is 0 Å². The van der Waals surface area contributed by atoms with Crippen LogP contribution >= 0.6 is 0 Å². The summed E-state index contributed by atoms with van der Waals surface area (Å²) in [4.78, 5) is 7.04. The first-order chi connectivity index (χ1) is 16.8. The Morgan fingerprint density at radius 1 is 1.20 bits per heavy atom. The van der Waals surface area contributed by atoms with E-state index in [1.54, 1.807) is 6.07 Å². The highest BCUT2D eigenvalue weighted by atomic mass is 19.4. The molecule has 3 atom stereocenters. The van der Waals surface area contributed by atoms with Gasteiger partial charge in [0.15, 0.2) is 5.82 Å². The van der Waals surface area contributed by atoms with E-state index in [0.29, 0.717) is 30.6 Å². The van der Waals surface area contributed by atoms with Crippen LogP contribution in [0.4, 0.5) is 24.8 Å². The summed E-state index contributed by atoms with van der Waals surface area (Å²) in [6.07, 6.45) is -0.233. The molecule has 2 aromatic heterocycles. The van der Waals surface area contributed by atoms with Crippen molar-refractivity contribution in [2.75, 3.05) is 30.4 Å². The number of piperidine rings is 1. The zero-order valence-corrected chi connectivity index (χ0v) is 20.0. The maximum atomic E-state index is 13.5. The molecule has 5 heterocycles. The predicted molar refractivity (Wildman–Crippen MR) is 128 cm³/mol. The number of hydrogen-bond donors (Lipinski definition) is 2. The van der Waals surface area contributed by atoms with Crippen molar-refractivity contribution in [2.24, 2.45) is 0 Å². The standard InChI is InChI=1S/C25H29F3N6O/c1-14-18(5-4-6-21(14)25(26,27)28)15(2)31-24-19-9-23(34-12-17-8-7-16(34)13-35-17)30-10-20(19)22(11-29-3)32-33-24/h4-6,9-10,15-17,29H,7-8,11-13H2,1-3H3,(H,31,33)/t15-,16-,17-/m1/s1. The number of hydrogen-bond acceptors (Lipinski definition) is 7. The van der Waals surface area contributed by atoms with E-state index in [2.05, 4.69) is 25.7 Å². The summed E-state index contributed by atoms with van der Waals surface area (Å²) in [6, 6.07) is 6.16. The fraction of sp³-hybridized carbons (Fsp3) is 0.480. The topological polar surface area (TPSA) is 75.2 Å². The normalized spacial score (nSPS) is 20.9. The summed E-state index contributed by atoms with van der Waals surface area (Å²) < 4.78 is 46.2. The molecule has 3 aromatic rings. The van der Waals surface area contributed by atoms with Gasteiger partial charge in [-0.3, -0.25) is 0 Å². The summed E-state index contributed by atoms with van der Waals surface area (Å²) in [5.74, 6) is 1.37. The highest BCUT2D eigenvalue weighted by molar-refractivity contribution is 5.94. The van der Waals surface area contributed by atoms with Crippen molar-refractivity contribution in [1.82, 2.24) is 20.5 Å². The quantitative estimate of drug-likeness (QED) is 0.527. The van der Waals surface area contributed by atoms with Crippen LogP contribution in [0.15, 0.2) is 30.5 Å². The van der Waals surface area contributed by atoms with Gasteiger partial charge in [0.1, 0.15) is 5.82 Å². The van der Waals surface area contributed by atoms with Gasteiger partial charge < -0.3 is 20.3 Å². The molecule has 3 aliphatic heterocycles. The van der Waals surface area contributed by atoms with Crippen LogP contribution in [0.2, 0.25) is 0 Å². The van der Waals surface area contributed by atoms with Crippen LogP contribution in [0, 0.1) is 6.92 Å². The summed E-state index contributed by atoms with van der Waals surface area (Å²) in [5.41, 5.74) is 0.904. The minimum atomic E-state index is -4.40. The summed E-state index contributed by atoms with van der Waals surface area (Å²) in [6.45, 7) is 5.36. The molecular weight excluding hydrogens is 457 g/mol. The van der Waals surface area contributed by atoms with Gasteiger partial charge in [-0.15, -0.1) is 5.10 Å². The molecule has 0 saturated carbocycles. The van der Waals surface area contributed by atoms with E-state index < -0.39 is 17.8 Å². The number of anilines is 2. The first-order valence-electron chi connectivity index (χ1n) is 11.9. The fourth-order valence-electron chi connectivity index (χ4n) is 5.19. The lowest BCUT2D eigenvalue weighted by molar-refractivity contribution is -0.138. The fourth-order valence-corrected chi connectivity index (χ4v) is 5.19. The van der Waals surface area contributed by atoms with E-state index in [4.69, 9.17) is 9.72 Å². The van der Waals surface area contributed by atoms with Crippen molar-refractivity contribution in [2.45, 2.75) is 57.6 Å². The van der Waals surface area contributed by atoms with Crippen LogP contribution in [0.5, 0.6) is 0 Å². The van der Waals surface area contributed by atoms with Crippen LogP contribution in [-0.4, -0.2) is 47.5 Å². The molecule has 0 unspecified atom stereocenters. The molecule has 186 valence electrons. The number of pyridine rings is 1. The van der Waals surface area contributed by atoms with E-state index in [-0.39, 0.29) is 11.7 Å². The number of nitrogens with zero attached hydrogens (tertiary/aromatic N) is 4. The maximum absolute atomic E-state index is 13.5. The third-order valence-electron chi connectivity index (χ3n) is 7.05. The van der Waals surface area contributed by atoms with E-state index >= 15 is 0 Å². The van der Waals surface area contributed by atoms with E-state index in [1.165, 1.54) is 13.0 Å². The number of nitrogens with one attached hydrogen (secondary N) is 2. The van der Waals surface area contributed by atoms with Gasteiger partial charge in [-0.05, 0) is 57.0 Å². The molecule has 3 fully saturated rings. The minimum Gasteiger partial charge on any atom is -0.374 e. The molecule has 0 amide bonds. The van der Waals surface area contributed by atoms with Crippen molar-refractivity contribution in [1.29, 1.82) is 0 Å². The second kappa shape index (κ2) is 9.23.